The highest BCUT2D eigenvalue weighted by Gasteiger charge is 2.34. The number of hydrogen-bond donors (Lipinski definition) is 1. The fourth-order valence-corrected chi connectivity index (χ4v) is 6.13. The number of nitrogens with zero attached hydrogens (tertiary/aromatic N) is 3. The Morgan fingerprint density at radius 1 is 1.11 bits per heavy atom. The van der Waals surface area contributed by atoms with Crippen LogP contribution in [-0.4, -0.2) is 32.3 Å². The second-order valence-electron chi connectivity index (χ2n) is 8.38. The number of rotatable bonds is 6. The number of thioether (sulfide) groups is 1. The number of hydrogen-bond acceptors (Lipinski definition) is 7. The molecule has 0 spiro atoms. The third kappa shape index (κ3) is 4.73. The largest absolute Gasteiger partial charge is 0.467 e. The topological polar surface area (TPSA) is 91.6 Å². The molecule has 5 aromatic rings. The van der Waals surface area contributed by atoms with Gasteiger partial charge in [0.25, 0.3) is 11.5 Å². The number of H-pyrrole nitrogens is 1. The Kier molecular flexibility index (Phi) is 6.42. The molecular weight excluding hydrogens is 528 g/mol. The molecule has 1 unspecified atom stereocenters. The zero-order valence-corrected chi connectivity index (χ0v) is 21.6. The normalized spacial score (nSPS) is 15.3. The smallest absolute Gasteiger partial charge is 0.260 e. The zero-order chi connectivity index (χ0) is 25.4. The fraction of sp³-hybridized carbons (Fsp3) is 0.111. The summed E-state index contributed by atoms with van der Waals surface area (Å²) in [7, 11) is 0. The van der Waals surface area contributed by atoms with E-state index in [1.54, 1.807) is 24.5 Å². The van der Waals surface area contributed by atoms with Crippen LogP contribution in [0, 0.1) is 0 Å². The first-order valence-electron chi connectivity index (χ1n) is 11.5. The van der Waals surface area contributed by atoms with Crippen molar-refractivity contribution in [2.24, 2.45) is 5.10 Å². The van der Waals surface area contributed by atoms with Crippen LogP contribution in [0.2, 0.25) is 5.02 Å². The number of carbonyl (C=O) groups excluding carboxylic acids is 1. The molecule has 0 saturated heterocycles. The molecule has 1 N–H and O–H groups in total. The third-order valence-corrected chi connectivity index (χ3v) is 8.04. The summed E-state index contributed by atoms with van der Waals surface area (Å²) >= 11 is 8.62. The molecule has 1 atom stereocenters. The lowest BCUT2D eigenvalue weighted by atomic mass is 10.0. The lowest BCUT2D eigenvalue weighted by Gasteiger charge is -2.19. The van der Waals surface area contributed by atoms with Gasteiger partial charge in [0.15, 0.2) is 5.16 Å². The Morgan fingerprint density at radius 3 is 2.68 bits per heavy atom. The van der Waals surface area contributed by atoms with Crippen LogP contribution in [0.15, 0.2) is 97.8 Å². The summed E-state index contributed by atoms with van der Waals surface area (Å²) in [5, 5.41) is 9.62. The molecule has 10 heteroatoms. The lowest BCUT2D eigenvalue weighted by molar-refractivity contribution is -0.130. The third-order valence-electron chi connectivity index (χ3n) is 6.05. The molecule has 0 bridgehead atoms. The number of fused-ring (bicyclic) bond motifs is 1. The number of hydrazone groups is 1. The standard InChI is InChI=1S/C27H19ClN4O3S2/c28-18-10-8-17(9-11-18)20-13-21(22-7-4-12-35-22)32(31-20)23(33)15-37-27-29-25(34)24-19(14-36-26(24)30-27)16-5-2-1-3-6-16/h1-12,14,21H,13,15H2,(H,29,30,34). The molecule has 0 radical (unpaired) electrons. The maximum Gasteiger partial charge on any atom is 0.260 e. The molecule has 6 rings (SSSR count). The van der Waals surface area contributed by atoms with E-state index in [1.807, 2.05) is 53.9 Å². The number of thiophene rings is 1. The van der Waals surface area contributed by atoms with E-state index in [4.69, 9.17) is 16.0 Å². The molecule has 1 amide bonds. The lowest BCUT2D eigenvalue weighted by Crippen LogP contribution is -2.28. The van der Waals surface area contributed by atoms with Crippen molar-refractivity contribution in [1.82, 2.24) is 15.0 Å². The number of halogens is 1. The summed E-state index contributed by atoms with van der Waals surface area (Å²) < 4.78 is 5.61. The Balaban J connectivity index is 1.24. The first-order valence-corrected chi connectivity index (χ1v) is 13.7. The van der Waals surface area contributed by atoms with E-state index >= 15 is 0 Å². The van der Waals surface area contributed by atoms with Crippen LogP contribution in [0.5, 0.6) is 0 Å². The molecular formula is C27H19ClN4O3S2. The Labute approximate surface area is 224 Å². The number of furan rings is 1. The van der Waals surface area contributed by atoms with Crippen molar-refractivity contribution in [1.29, 1.82) is 0 Å². The molecule has 7 nitrogen and oxygen atoms in total. The van der Waals surface area contributed by atoms with Crippen molar-refractivity contribution in [3.05, 3.63) is 105 Å². The maximum atomic E-state index is 13.3. The van der Waals surface area contributed by atoms with Crippen LogP contribution in [0.3, 0.4) is 0 Å². The van der Waals surface area contributed by atoms with Gasteiger partial charge in [0.2, 0.25) is 0 Å². The van der Waals surface area contributed by atoms with Gasteiger partial charge in [-0.05, 0) is 35.4 Å². The van der Waals surface area contributed by atoms with Crippen molar-refractivity contribution in [2.75, 3.05) is 5.75 Å². The number of amides is 1. The van der Waals surface area contributed by atoms with Crippen LogP contribution in [0.1, 0.15) is 23.8 Å². The van der Waals surface area contributed by atoms with Gasteiger partial charge in [0.1, 0.15) is 16.6 Å². The SMILES string of the molecule is O=C(CSc1nc2scc(-c3ccccc3)c2c(=O)[nH]1)N1N=C(c2ccc(Cl)cc2)CC1c1ccco1. The molecule has 37 heavy (non-hydrogen) atoms. The highest BCUT2D eigenvalue weighted by Crippen LogP contribution is 2.35. The van der Waals surface area contributed by atoms with Gasteiger partial charge in [0.05, 0.1) is 23.1 Å². The highest BCUT2D eigenvalue weighted by atomic mass is 35.5. The van der Waals surface area contributed by atoms with Crippen molar-refractivity contribution in [3.63, 3.8) is 0 Å². The zero-order valence-electron chi connectivity index (χ0n) is 19.3. The van der Waals surface area contributed by atoms with E-state index in [9.17, 15) is 9.59 Å². The summed E-state index contributed by atoms with van der Waals surface area (Å²) in [5.41, 5.74) is 3.26. The van der Waals surface area contributed by atoms with Crippen LogP contribution in [0.4, 0.5) is 0 Å². The first kappa shape index (κ1) is 23.7. The molecule has 3 aromatic heterocycles. The summed E-state index contributed by atoms with van der Waals surface area (Å²) in [6, 6.07) is 20.4. The number of aromatic nitrogens is 2. The average Bonchev–Trinajstić information content (AvgIpc) is 3.68. The van der Waals surface area contributed by atoms with E-state index in [2.05, 4.69) is 15.1 Å². The van der Waals surface area contributed by atoms with Crippen LogP contribution in [0.25, 0.3) is 21.3 Å². The van der Waals surface area contributed by atoms with Gasteiger partial charge in [-0.15, -0.1) is 11.3 Å². The summed E-state index contributed by atoms with van der Waals surface area (Å²) in [4.78, 5) is 34.3. The molecule has 0 aliphatic carbocycles. The predicted octanol–water partition coefficient (Wildman–Crippen LogP) is 6.37. The maximum absolute atomic E-state index is 13.3. The number of benzene rings is 2. The summed E-state index contributed by atoms with van der Waals surface area (Å²) in [5.74, 6) is 0.500. The minimum absolute atomic E-state index is 0.0555. The molecule has 4 heterocycles. The fourth-order valence-electron chi connectivity index (χ4n) is 4.28. The first-order chi connectivity index (χ1) is 18.1. The van der Waals surface area contributed by atoms with Crippen LogP contribution >= 0.6 is 34.7 Å². The van der Waals surface area contributed by atoms with Gasteiger partial charge in [-0.25, -0.2) is 9.99 Å². The van der Waals surface area contributed by atoms with Gasteiger partial charge < -0.3 is 9.40 Å². The van der Waals surface area contributed by atoms with E-state index in [0.29, 0.717) is 32.6 Å². The quantitative estimate of drug-likeness (QED) is 0.197. The molecule has 2 aromatic carbocycles. The molecule has 0 saturated carbocycles. The number of aromatic amines is 1. The van der Waals surface area contributed by atoms with Crippen molar-refractivity contribution in [3.8, 4) is 11.1 Å². The van der Waals surface area contributed by atoms with Crippen molar-refractivity contribution in [2.45, 2.75) is 17.6 Å². The summed E-state index contributed by atoms with van der Waals surface area (Å²) in [6.45, 7) is 0. The van der Waals surface area contributed by atoms with Gasteiger partial charge in [-0.3, -0.25) is 9.59 Å². The van der Waals surface area contributed by atoms with E-state index in [1.165, 1.54) is 28.1 Å². The Hall–Kier alpha value is -3.66. The Morgan fingerprint density at radius 2 is 1.92 bits per heavy atom. The number of nitrogens with one attached hydrogen (secondary N) is 1. The second-order valence-corrected chi connectivity index (χ2v) is 10.6. The van der Waals surface area contributed by atoms with Gasteiger partial charge in [-0.2, -0.15) is 5.10 Å². The van der Waals surface area contributed by atoms with Crippen molar-refractivity contribution < 1.29 is 9.21 Å². The van der Waals surface area contributed by atoms with E-state index < -0.39 is 0 Å². The minimum Gasteiger partial charge on any atom is -0.467 e. The van der Waals surface area contributed by atoms with Gasteiger partial charge in [0, 0.05) is 22.4 Å². The second kappa shape index (κ2) is 10.0. The predicted molar refractivity (Wildman–Crippen MR) is 147 cm³/mol. The van der Waals surface area contributed by atoms with Gasteiger partial charge in [-0.1, -0.05) is 65.8 Å². The number of carbonyl (C=O) groups is 1. The van der Waals surface area contributed by atoms with E-state index in [0.717, 1.165) is 22.4 Å². The molecule has 184 valence electrons. The highest BCUT2D eigenvalue weighted by molar-refractivity contribution is 7.99. The minimum atomic E-state index is -0.353. The molecule has 0 fully saturated rings. The Bertz CT molecular complexity index is 1660. The van der Waals surface area contributed by atoms with Crippen LogP contribution in [-0.2, 0) is 4.79 Å². The average molecular weight is 547 g/mol. The van der Waals surface area contributed by atoms with E-state index in [-0.39, 0.29) is 23.3 Å². The molecule has 1 aliphatic heterocycles. The monoisotopic (exact) mass is 546 g/mol. The summed E-state index contributed by atoms with van der Waals surface area (Å²) in [6.07, 6.45) is 2.10. The molecule has 1 aliphatic rings. The van der Waals surface area contributed by atoms with Crippen LogP contribution < -0.4 is 5.56 Å². The van der Waals surface area contributed by atoms with Gasteiger partial charge >= 0.3 is 0 Å². The van der Waals surface area contributed by atoms with Crippen molar-refractivity contribution >= 4 is 56.5 Å².